The van der Waals surface area contributed by atoms with Crippen LogP contribution in [-0.2, 0) is 6.54 Å². The zero-order valence-corrected chi connectivity index (χ0v) is 13.6. The molecule has 0 aliphatic heterocycles. The fraction of sp³-hybridized carbons (Fsp3) is 0.714. The Bertz CT molecular complexity index is 320. The normalized spacial score (nSPS) is 12.0. The van der Waals surface area contributed by atoms with Crippen LogP contribution in [0, 0.1) is 5.41 Å². The van der Waals surface area contributed by atoms with E-state index in [1.54, 1.807) is 0 Å². The summed E-state index contributed by atoms with van der Waals surface area (Å²) >= 11 is 5.31. The van der Waals surface area contributed by atoms with Crippen molar-refractivity contribution in [1.29, 1.82) is 0 Å². The highest BCUT2D eigenvalue weighted by Crippen LogP contribution is 2.24. The molecule has 0 amide bonds. The number of nitrogens with one attached hydrogen (secondary N) is 1. The predicted octanol–water partition coefficient (Wildman–Crippen LogP) is 5.21. The number of hydrogen-bond donors (Lipinski definition) is 1. The van der Waals surface area contributed by atoms with E-state index in [2.05, 4.69) is 54.2 Å². The monoisotopic (exact) mass is 317 g/mol. The van der Waals surface area contributed by atoms with Crippen molar-refractivity contribution in [3.05, 3.63) is 20.8 Å². The largest absolute Gasteiger partial charge is 0.311 e. The van der Waals surface area contributed by atoms with Crippen molar-refractivity contribution >= 4 is 27.3 Å². The molecule has 98 valence electrons. The Morgan fingerprint density at radius 1 is 1.29 bits per heavy atom. The molecule has 0 saturated carbocycles. The van der Waals surface area contributed by atoms with E-state index in [1.807, 2.05) is 11.3 Å². The van der Waals surface area contributed by atoms with E-state index in [9.17, 15) is 0 Å². The quantitative estimate of drug-likeness (QED) is 0.649. The van der Waals surface area contributed by atoms with Gasteiger partial charge in [0, 0.05) is 18.0 Å². The maximum absolute atomic E-state index is 3.57. The van der Waals surface area contributed by atoms with Gasteiger partial charge in [0.05, 0.1) is 3.79 Å². The topological polar surface area (TPSA) is 12.0 Å². The van der Waals surface area contributed by atoms with Crippen LogP contribution in [-0.4, -0.2) is 6.54 Å². The van der Waals surface area contributed by atoms with Crippen molar-refractivity contribution in [1.82, 2.24) is 5.32 Å². The highest BCUT2D eigenvalue weighted by Gasteiger charge is 2.16. The van der Waals surface area contributed by atoms with Crippen molar-refractivity contribution in [2.75, 3.05) is 6.54 Å². The minimum atomic E-state index is 0.420. The fourth-order valence-corrected chi connectivity index (χ4v) is 3.37. The summed E-state index contributed by atoms with van der Waals surface area (Å²) in [6, 6.07) is 4.31. The van der Waals surface area contributed by atoms with Crippen LogP contribution in [0.1, 0.15) is 51.3 Å². The number of hydrogen-bond acceptors (Lipinski definition) is 2. The minimum absolute atomic E-state index is 0.420. The van der Waals surface area contributed by atoms with Crippen molar-refractivity contribution < 1.29 is 0 Å². The molecule has 0 fully saturated rings. The molecule has 0 saturated heterocycles. The summed E-state index contributed by atoms with van der Waals surface area (Å²) in [6.45, 7) is 9.08. The molecule has 1 aromatic rings. The van der Waals surface area contributed by atoms with Crippen LogP contribution in [0.5, 0.6) is 0 Å². The molecule has 0 aliphatic carbocycles. The standard InChI is InChI=1S/C14H24BrNS/c1-4-5-6-9-14(2,3)11-16-10-12-7-8-13(15)17-12/h7-8,16H,4-6,9-11H2,1-3H3. The first-order valence-corrected chi connectivity index (χ1v) is 8.09. The molecule has 1 N–H and O–H groups in total. The molecule has 0 aromatic carbocycles. The van der Waals surface area contributed by atoms with Gasteiger partial charge < -0.3 is 5.32 Å². The Labute approximate surface area is 118 Å². The van der Waals surface area contributed by atoms with Crippen LogP contribution in [0.4, 0.5) is 0 Å². The molecule has 1 heterocycles. The number of thiophene rings is 1. The van der Waals surface area contributed by atoms with Gasteiger partial charge in [-0.25, -0.2) is 0 Å². The van der Waals surface area contributed by atoms with E-state index < -0.39 is 0 Å². The van der Waals surface area contributed by atoms with Gasteiger partial charge in [0.15, 0.2) is 0 Å². The van der Waals surface area contributed by atoms with E-state index in [0.29, 0.717) is 5.41 Å². The van der Waals surface area contributed by atoms with Crippen LogP contribution in [0.15, 0.2) is 15.9 Å². The molecule has 3 heteroatoms. The Hall–Kier alpha value is 0.140. The fourth-order valence-electron chi connectivity index (χ4n) is 1.91. The first-order valence-electron chi connectivity index (χ1n) is 6.48. The van der Waals surface area contributed by atoms with Gasteiger partial charge in [0.2, 0.25) is 0 Å². The van der Waals surface area contributed by atoms with E-state index >= 15 is 0 Å². The molecule has 1 nitrogen and oxygen atoms in total. The summed E-state index contributed by atoms with van der Waals surface area (Å²) in [4.78, 5) is 1.40. The summed E-state index contributed by atoms with van der Waals surface area (Å²) in [5.74, 6) is 0. The van der Waals surface area contributed by atoms with Crippen LogP contribution in [0.2, 0.25) is 0 Å². The number of halogens is 1. The lowest BCUT2D eigenvalue weighted by Crippen LogP contribution is -2.28. The van der Waals surface area contributed by atoms with Gasteiger partial charge >= 0.3 is 0 Å². The van der Waals surface area contributed by atoms with E-state index in [-0.39, 0.29) is 0 Å². The van der Waals surface area contributed by atoms with Gasteiger partial charge in [-0.15, -0.1) is 11.3 Å². The Morgan fingerprint density at radius 2 is 2.06 bits per heavy atom. The first kappa shape index (κ1) is 15.2. The average molecular weight is 318 g/mol. The zero-order chi connectivity index (χ0) is 12.7. The second-order valence-electron chi connectivity index (χ2n) is 5.43. The van der Waals surface area contributed by atoms with Crippen molar-refractivity contribution in [3.63, 3.8) is 0 Å². The second-order valence-corrected chi connectivity index (χ2v) is 7.98. The Balaban J connectivity index is 2.20. The summed E-state index contributed by atoms with van der Waals surface area (Å²) < 4.78 is 1.22. The third-order valence-electron chi connectivity index (χ3n) is 2.99. The molecule has 0 bridgehead atoms. The van der Waals surface area contributed by atoms with Crippen molar-refractivity contribution in [2.24, 2.45) is 5.41 Å². The molecule has 0 radical (unpaired) electrons. The zero-order valence-electron chi connectivity index (χ0n) is 11.2. The number of rotatable bonds is 8. The minimum Gasteiger partial charge on any atom is -0.311 e. The summed E-state index contributed by atoms with van der Waals surface area (Å²) in [7, 11) is 0. The van der Waals surface area contributed by atoms with Crippen molar-refractivity contribution in [3.8, 4) is 0 Å². The molecule has 17 heavy (non-hydrogen) atoms. The lowest BCUT2D eigenvalue weighted by molar-refractivity contribution is 0.302. The van der Waals surface area contributed by atoms with Gasteiger partial charge in [-0.3, -0.25) is 0 Å². The third-order valence-corrected chi connectivity index (χ3v) is 4.61. The number of unbranched alkanes of at least 4 members (excludes halogenated alkanes) is 2. The summed E-state index contributed by atoms with van der Waals surface area (Å²) in [5, 5.41) is 3.57. The maximum atomic E-state index is 3.57. The SMILES string of the molecule is CCCCCC(C)(C)CNCc1ccc(Br)s1. The Morgan fingerprint density at radius 3 is 2.65 bits per heavy atom. The summed E-state index contributed by atoms with van der Waals surface area (Å²) in [5.41, 5.74) is 0.420. The second kappa shape index (κ2) is 7.55. The molecule has 0 unspecified atom stereocenters. The van der Waals surface area contributed by atoms with Crippen LogP contribution in [0.3, 0.4) is 0 Å². The summed E-state index contributed by atoms with van der Waals surface area (Å²) in [6.07, 6.45) is 5.35. The molecular formula is C14H24BrNS. The van der Waals surface area contributed by atoms with Crippen LogP contribution in [0.25, 0.3) is 0 Å². The van der Waals surface area contributed by atoms with Gasteiger partial charge in [-0.05, 0) is 39.9 Å². The molecule has 1 aromatic heterocycles. The van der Waals surface area contributed by atoms with Gasteiger partial charge in [0.1, 0.15) is 0 Å². The van der Waals surface area contributed by atoms with Gasteiger partial charge in [0.25, 0.3) is 0 Å². The van der Waals surface area contributed by atoms with E-state index in [4.69, 9.17) is 0 Å². The molecule has 1 rings (SSSR count). The maximum Gasteiger partial charge on any atom is 0.0701 e. The van der Waals surface area contributed by atoms with Gasteiger partial charge in [-0.1, -0.05) is 40.0 Å². The van der Waals surface area contributed by atoms with Gasteiger partial charge in [-0.2, -0.15) is 0 Å². The highest BCUT2D eigenvalue weighted by atomic mass is 79.9. The van der Waals surface area contributed by atoms with E-state index in [0.717, 1.165) is 13.1 Å². The third kappa shape index (κ3) is 6.58. The highest BCUT2D eigenvalue weighted by molar-refractivity contribution is 9.11. The molecule has 0 aliphatic rings. The average Bonchev–Trinajstić information content (AvgIpc) is 2.64. The lowest BCUT2D eigenvalue weighted by Gasteiger charge is -2.25. The lowest BCUT2D eigenvalue weighted by atomic mass is 9.87. The van der Waals surface area contributed by atoms with Crippen molar-refractivity contribution in [2.45, 2.75) is 53.0 Å². The molecule has 0 atom stereocenters. The molecular weight excluding hydrogens is 294 g/mol. The van der Waals surface area contributed by atoms with Crippen LogP contribution >= 0.6 is 27.3 Å². The predicted molar refractivity (Wildman–Crippen MR) is 81.6 cm³/mol. The van der Waals surface area contributed by atoms with E-state index in [1.165, 1.54) is 34.3 Å². The van der Waals surface area contributed by atoms with Crippen LogP contribution < -0.4 is 5.32 Å². The Kier molecular flexibility index (Phi) is 6.75. The smallest absolute Gasteiger partial charge is 0.0701 e. The molecule has 0 spiro atoms. The first-order chi connectivity index (χ1) is 8.03.